The lowest BCUT2D eigenvalue weighted by Crippen LogP contribution is -2.39. The van der Waals surface area contributed by atoms with Crippen molar-refractivity contribution in [2.24, 2.45) is 11.3 Å². The highest BCUT2D eigenvalue weighted by molar-refractivity contribution is 7.09. The normalized spacial score (nSPS) is 23.1. The molecule has 12 nitrogen and oxygen atoms in total. The summed E-state index contributed by atoms with van der Waals surface area (Å²) in [6, 6.07) is -1.18. The van der Waals surface area contributed by atoms with Crippen molar-refractivity contribution < 1.29 is 36.2 Å². The number of rotatable bonds is 8. The van der Waals surface area contributed by atoms with E-state index in [2.05, 4.69) is 45.9 Å². The highest BCUT2D eigenvalue weighted by Gasteiger charge is 2.55. The van der Waals surface area contributed by atoms with Crippen LogP contribution in [0.4, 0.5) is 22.0 Å². The fourth-order valence-electron chi connectivity index (χ4n) is 6.02. The highest BCUT2D eigenvalue weighted by Crippen LogP contribution is 2.43. The number of nitrogens with one attached hydrogen (secondary N) is 2. The Hall–Kier alpha value is -4.09. The van der Waals surface area contributed by atoms with Crippen LogP contribution in [0.1, 0.15) is 70.6 Å². The Morgan fingerprint density at radius 1 is 1.25 bits per heavy atom. The fourth-order valence-corrected chi connectivity index (χ4v) is 6.69. The van der Waals surface area contributed by atoms with Crippen LogP contribution in [-0.4, -0.2) is 65.1 Å². The first-order chi connectivity index (χ1) is 20.8. The molecule has 1 aliphatic carbocycles. The van der Waals surface area contributed by atoms with Crippen molar-refractivity contribution in [1.82, 2.24) is 45.7 Å². The van der Waals surface area contributed by atoms with Gasteiger partial charge in [0.25, 0.3) is 5.91 Å². The van der Waals surface area contributed by atoms with Gasteiger partial charge in [0.1, 0.15) is 22.3 Å². The van der Waals surface area contributed by atoms with Crippen LogP contribution in [0.25, 0.3) is 5.65 Å². The predicted molar refractivity (Wildman–Crippen MR) is 141 cm³/mol. The van der Waals surface area contributed by atoms with Crippen LogP contribution in [-0.2, 0) is 17.6 Å². The molecule has 3 atom stereocenters. The number of hydrogen-bond donors (Lipinski definition) is 2. The van der Waals surface area contributed by atoms with E-state index in [1.54, 1.807) is 12.3 Å². The van der Waals surface area contributed by atoms with Crippen LogP contribution in [0, 0.1) is 18.3 Å². The van der Waals surface area contributed by atoms with Crippen molar-refractivity contribution in [3.05, 3.63) is 51.6 Å². The molecule has 1 aliphatic heterocycles. The van der Waals surface area contributed by atoms with E-state index in [0.717, 1.165) is 11.3 Å². The maximum absolute atomic E-state index is 14.0. The number of halogens is 5. The fraction of sp³-hybridized carbons (Fsp3) is 0.538. The monoisotopic (exact) mass is 639 g/mol. The summed E-state index contributed by atoms with van der Waals surface area (Å²) < 4.78 is 74.9. The molecule has 234 valence electrons. The third-order valence-electron chi connectivity index (χ3n) is 8.32. The molecule has 0 spiro atoms. The summed E-state index contributed by atoms with van der Waals surface area (Å²) in [5, 5.41) is 24.7. The first-order valence-corrected chi connectivity index (χ1v) is 14.6. The van der Waals surface area contributed by atoms with Gasteiger partial charge in [0, 0.05) is 19.3 Å². The number of imidazole rings is 1. The standard InChI is InChI=1S/C26H26F5N9O3S/c1-13-20(39-43-38-13)22(41)36-21(15-2-4-25(27,28)5-3-15)16-11-40-18(34-16)6-14(10-33-40)7-24(9-19-37-32-12-44-19)8-17(26(29,30)31)35-23(24)42/h6,10-12,15,17,21H,2-5,7-9H2,1H3,(H,35,42)(H,36,41)/t17-,21-,24-/m0/s1. The second-order valence-electron chi connectivity index (χ2n) is 11.4. The zero-order valence-corrected chi connectivity index (χ0v) is 24.0. The Labute approximate surface area is 249 Å². The van der Waals surface area contributed by atoms with Crippen LogP contribution in [0.5, 0.6) is 0 Å². The molecule has 2 N–H and O–H groups in total. The molecule has 0 bridgehead atoms. The molecular formula is C26H26F5N9O3S. The Balaban J connectivity index is 1.30. The van der Waals surface area contributed by atoms with E-state index < -0.39 is 47.8 Å². The number of aromatic nitrogens is 7. The molecule has 5 heterocycles. The number of fused-ring (bicyclic) bond motifs is 1. The minimum absolute atomic E-state index is 0.0440. The van der Waals surface area contributed by atoms with Gasteiger partial charge in [0.15, 0.2) is 11.3 Å². The van der Waals surface area contributed by atoms with Crippen molar-refractivity contribution in [2.75, 3.05) is 0 Å². The average molecular weight is 640 g/mol. The van der Waals surface area contributed by atoms with Crippen molar-refractivity contribution >= 4 is 28.8 Å². The van der Waals surface area contributed by atoms with Crippen LogP contribution in [0.15, 0.2) is 28.6 Å². The van der Waals surface area contributed by atoms with Crippen LogP contribution in [0.2, 0.25) is 0 Å². The maximum atomic E-state index is 14.0. The van der Waals surface area contributed by atoms with E-state index >= 15 is 0 Å². The number of alkyl halides is 5. The van der Waals surface area contributed by atoms with Crippen molar-refractivity contribution in [3.63, 3.8) is 0 Å². The molecule has 2 amide bonds. The lowest BCUT2D eigenvalue weighted by molar-refractivity contribution is -0.155. The van der Waals surface area contributed by atoms with Crippen LogP contribution in [0.3, 0.4) is 0 Å². The summed E-state index contributed by atoms with van der Waals surface area (Å²) in [5.74, 6) is -4.52. The van der Waals surface area contributed by atoms with Gasteiger partial charge in [-0.1, -0.05) is 5.16 Å². The second-order valence-corrected chi connectivity index (χ2v) is 12.3. The number of hydrogen-bond acceptors (Lipinski definition) is 10. The second kappa shape index (κ2) is 11.1. The first-order valence-electron chi connectivity index (χ1n) is 13.8. The van der Waals surface area contributed by atoms with Gasteiger partial charge in [-0.15, -0.1) is 21.5 Å². The van der Waals surface area contributed by atoms with Gasteiger partial charge >= 0.3 is 6.18 Å². The molecule has 4 aromatic rings. The summed E-state index contributed by atoms with van der Waals surface area (Å²) in [6.45, 7) is 1.54. The van der Waals surface area contributed by atoms with E-state index in [0.29, 0.717) is 21.9 Å². The molecule has 4 aromatic heterocycles. The van der Waals surface area contributed by atoms with Crippen LogP contribution < -0.4 is 10.6 Å². The molecule has 6 rings (SSSR count). The Kier molecular flexibility index (Phi) is 7.57. The minimum Gasteiger partial charge on any atom is -0.344 e. The van der Waals surface area contributed by atoms with E-state index in [-0.39, 0.29) is 55.8 Å². The Morgan fingerprint density at radius 3 is 2.66 bits per heavy atom. The summed E-state index contributed by atoms with van der Waals surface area (Å²) in [5.41, 5.74) is 1.31. The molecular weight excluding hydrogens is 613 g/mol. The Morgan fingerprint density at radius 2 is 2.02 bits per heavy atom. The summed E-state index contributed by atoms with van der Waals surface area (Å²) in [7, 11) is 0. The number of carbonyl (C=O) groups excluding carboxylic acids is 2. The molecule has 1 saturated heterocycles. The maximum Gasteiger partial charge on any atom is 0.408 e. The van der Waals surface area contributed by atoms with Crippen molar-refractivity contribution in [2.45, 2.75) is 76.1 Å². The highest BCUT2D eigenvalue weighted by atomic mass is 32.1. The summed E-state index contributed by atoms with van der Waals surface area (Å²) in [4.78, 5) is 30.7. The first kappa shape index (κ1) is 30.0. The van der Waals surface area contributed by atoms with Crippen molar-refractivity contribution in [3.8, 4) is 0 Å². The molecule has 0 aromatic carbocycles. The quantitative estimate of drug-likeness (QED) is 0.274. The van der Waals surface area contributed by atoms with Gasteiger partial charge in [-0.05, 0) is 55.3 Å². The van der Waals surface area contributed by atoms with Gasteiger partial charge in [-0.2, -0.15) is 18.3 Å². The van der Waals surface area contributed by atoms with E-state index in [9.17, 15) is 31.5 Å². The average Bonchev–Trinajstić information content (AvgIpc) is 3.75. The number of aryl methyl sites for hydroxylation is 1. The molecule has 2 fully saturated rings. The third kappa shape index (κ3) is 5.98. The van der Waals surface area contributed by atoms with Crippen LogP contribution >= 0.6 is 11.3 Å². The number of amides is 2. The third-order valence-corrected chi connectivity index (χ3v) is 9.01. The largest absolute Gasteiger partial charge is 0.408 e. The van der Waals surface area contributed by atoms with Gasteiger partial charge in [-0.3, -0.25) is 9.59 Å². The summed E-state index contributed by atoms with van der Waals surface area (Å²) >= 11 is 1.15. The Bertz CT molecular complexity index is 1660. The topological polar surface area (TPSA) is 153 Å². The van der Waals surface area contributed by atoms with Gasteiger partial charge in [0.2, 0.25) is 11.8 Å². The molecule has 2 aliphatic rings. The number of nitrogens with zero attached hydrogens (tertiary/aromatic N) is 7. The number of carbonyl (C=O) groups is 2. The van der Waals surface area contributed by atoms with E-state index in [1.807, 2.05) is 0 Å². The zero-order chi connectivity index (χ0) is 31.3. The lowest BCUT2D eigenvalue weighted by atomic mass is 9.76. The van der Waals surface area contributed by atoms with E-state index in [1.165, 1.54) is 23.1 Å². The lowest BCUT2D eigenvalue weighted by Gasteiger charge is -2.33. The van der Waals surface area contributed by atoms with Crippen molar-refractivity contribution in [1.29, 1.82) is 0 Å². The molecule has 18 heteroatoms. The van der Waals surface area contributed by atoms with Gasteiger partial charge in [-0.25, -0.2) is 22.9 Å². The smallest absolute Gasteiger partial charge is 0.344 e. The van der Waals surface area contributed by atoms with Gasteiger partial charge < -0.3 is 10.6 Å². The zero-order valence-electron chi connectivity index (χ0n) is 23.1. The summed E-state index contributed by atoms with van der Waals surface area (Å²) in [6.07, 6.45) is -2.67. The minimum atomic E-state index is -4.62. The molecule has 44 heavy (non-hydrogen) atoms. The van der Waals surface area contributed by atoms with E-state index in [4.69, 9.17) is 0 Å². The van der Waals surface area contributed by atoms with Gasteiger partial charge in [0.05, 0.1) is 29.5 Å². The molecule has 0 radical (unpaired) electrons. The SMILES string of the molecule is Cc1nonc1C(=O)N[C@H](c1cn2ncc(C[C@@]3(Cc4nncs4)C[C@@H](C(F)(F)F)NC3=O)cc2n1)C1CCC(F)(F)CC1. The predicted octanol–water partition coefficient (Wildman–Crippen LogP) is 3.79. The molecule has 0 unspecified atom stereocenters. The molecule has 1 saturated carbocycles.